The van der Waals surface area contributed by atoms with E-state index in [2.05, 4.69) is 0 Å². The Morgan fingerprint density at radius 2 is 2.10 bits per heavy atom. The average molecular weight is 195 g/mol. The maximum absolute atomic E-state index is 10.6. The molecule has 0 saturated heterocycles. The molecule has 1 nitrogen and oxygen atoms in total. The first-order chi connectivity index (χ1) is 4.70. The fourth-order valence-electron chi connectivity index (χ4n) is 0.567. The predicted molar refractivity (Wildman–Crippen MR) is 43.7 cm³/mol. The van der Waals surface area contributed by atoms with Gasteiger partial charge in [0.25, 0.3) is 0 Å². The molecule has 1 unspecified atom stereocenters. The van der Waals surface area contributed by atoms with Crippen LogP contribution in [0.5, 0.6) is 0 Å². The summed E-state index contributed by atoms with van der Waals surface area (Å²) in [5.41, 5.74) is 0. The van der Waals surface area contributed by atoms with E-state index >= 15 is 0 Å². The van der Waals surface area contributed by atoms with Crippen LogP contribution in [-0.4, -0.2) is 4.21 Å². The second-order valence-corrected chi connectivity index (χ2v) is 3.88. The van der Waals surface area contributed by atoms with E-state index in [1.165, 1.54) is 0 Å². The van der Waals surface area contributed by atoms with E-state index < -0.39 is 10.0 Å². The van der Waals surface area contributed by atoms with Crippen LogP contribution in [0, 0.1) is 0 Å². The van der Waals surface area contributed by atoms with Crippen molar-refractivity contribution in [1.82, 2.24) is 0 Å². The van der Waals surface area contributed by atoms with E-state index in [4.69, 9.17) is 22.3 Å². The van der Waals surface area contributed by atoms with Crippen molar-refractivity contribution in [3.05, 3.63) is 29.3 Å². The van der Waals surface area contributed by atoms with E-state index in [9.17, 15) is 4.21 Å². The second kappa shape index (κ2) is 3.37. The topological polar surface area (TPSA) is 17.1 Å². The van der Waals surface area contributed by atoms with Crippen molar-refractivity contribution in [1.29, 1.82) is 0 Å². The summed E-state index contributed by atoms with van der Waals surface area (Å²) in [5.74, 6) is 0. The van der Waals surface area contributed by atoms with Gasteiger partial charge in [-0.25, -0.2) is 4.21 Å². The molecule has 0 bridgehead atoms. The lowest BCUT2D eigenvalue weighted by atomic mass is 10.4. The molecule has 0 aliphatic rings. The van der Waals surface area contributed by atoms with Crippen LogP contribution in [0.15, 0.2) is 29.2 Å². The molecule has 1 atom stereocenters. The number of hydrogen-bond donors (Lipinski definition) is 0. The Labute approximate surface area is 70.9 Å². The van der Waals surface area contributed by atoms with E-state index in [1.54, 1.807) is 24.3 Å². The number of hydrogen-bond acceptors (Lipinski definition) is 1. The number of rotatable bonds is 1. The van der Waals surface area contributed by atoms with Gasteiger partial charge in [-0.1, -0.05) is 17.7 Å². The third-order valence-electron chi connectivity index (χ3n) is 0.981. The van der Waals surface area contributed by atoms with Crippen LogP contribution in [0.4, 0.5) is 0 Å². The van der Waals surface area contributed by atoms with Crippen molar-refractivity contribution >= 4 is 32.3 Å². The highest BCUT2D eigenvalue weighted by molar-refractivity contribution is 8.08. The van der Waals surface area contributed by atoms with Gasteiger partial charge in [-0.15, -0.1) is 0 Å². The molecular formula is C6H4Cl2OS. The van der Waals surface area contributed by atoms with Gasteiger partial charge in [-0.3, -0.25) is 0 Å². The summed E-state index contributed by atoms with van der Waals surface area (Å²) in [6.07, 6.45) is 0. The summed E-state index contributed by atoms with van der Waals surface area (Å²) < 4.78 is 10.6. The molecule has 0 spiro atoms. The first-order valence-corrected chi connectivity index (χ1v) is 4.89. The fraction of sp³-hybridized carbons (Fsp3) is 0. The number of halogens is 2. The maximum atomic E-state index is 10.6. The Morgan fingerprint density at radius 1 is 1.40 bits per heavy atom. The van der Waals surface area contributed by atoms with Crippen LogP contribution < -0.4 is 0 Å². The lowest BCUT2D eigenvalue weighted by Crippen LogP contribution is -1.78. The normalized spacial score (nSPS) is 13.0. The van der Waals surface area contributed by atoms with Gasteiger partial charge in [0.2, 0.25) is 0 Å². The molecule has 0 N–H and O–H groups in total. The molecule has 0 radical (unpaired) electrons. The van der Waals surface area contributed by atoms with Crippen LogP contribution >= 0.6 is 22.3 Å². The monoisotopic (exact) mass is 194 g/mol. The Hall–Kier alpha value is -0.0500. The van der Waals surface area contributed by atoms with E-state index in [0.717, 1.165) is 0 Å². The molecule has 0 aliphatic carbocycles. The molecule has 0 saturated carbocycles. The Kier molecular flexibility index (Phi) is 2.72. The van der Waals surface area contributed by atoms with Crippen molar-refractivity contribution in [3.63, 3.8) is 0 Å². The Balaban J connectivity index is 3.07. The van der Waals surface area contributed by atoms with Gasteiger partial charge in [0.05, 0.1) is 4.90 Å². The van der Waals surface area contributed by atoms with Crippen LogP contribution in [-0.2, 0) is 10.0 Å². The van der Waals surface area contributed by atoms with Crippen LogP contribution in [0.2, 0.25) is 5.02 Å². The van der Waals surface area contributed by atoms with Crippen LogP contribution in [0.25, 0.3) is 0 Å². The first-order valence-electron chi connectivity index (χ1n) is 2.54. The van der Waals surface area contributed by atoms with Gasteiger partial charge in [0.1, 0.15) is 10.0 Å². The third kappa shape index (κ3) is 1.97. The van der Waals surface area contributed by atoms with Crippen LogP contribution in [0.1, 0.15) is 0 Å². The Bertz CT molecular complexity index is 262. The van der Waals surface area contributed by atoms with Crippen molar-refractivity contribution in [3.8, 4) is 0 Å². The summed E-state index contributed by atoms with van der Waals surface area (Å²) in [6, 6.07) is 6.65. The van der Waals surface area contributed by atoms with Gasteiger partial charge < -0.3 is 0 Å². The predicted octanol–water partition coefficient (Wildman–Crippen LogP) is 2.60. The SMILES string of the molecule is O=S(Cl)c1cccc(Cl)c1. The minimum atomic E-state index is -1.45. The standard InChI is InChI=1S/C6H4Cl2OS/c7-5-2-1-3-6(4-5)10(8)9/h1-4H. The molecule has 0 amide bonds. The molecule has 0 aliphatic heterocycles. The first kappa shape index (κ1) is 8.05. The van der Waals surface area contributed by atoms with E-state index in [0.29, 0.717) is 9.92 Å². The van der Waals surface area contributed by atoms with Gasteiger partial charge in [-0.2, -0.15) is 0 Å². The highest BCUT2D eigenvalue weighted by atomic mass is 35.7. The second-order valence-electron chi connectivity index (χ2n) is 1.68. The number of benzene rings is 1. The molecule has 0 heterocycles. The lowest BCUT2D eigenvalue weighted by Gasteiger charge is -1.92. The van der Waals surface area contributed by atoms with Gasteiger partial charge in [0, 0.05) is 5.02 Å². The largest absolute Gasteiger partial charge is 0.237 e. The summed E-state index contributed by atoms with van der Waals surface area (Å²) in [5, 5.41) is 0.548. The van der Waals surface area contributed by atoms with Crippen molar-refractivity contribution < 1.29 is 4.21 Å². The van der Waals surface area contributed by atoms with E-state index in [-0.39, 0.29) is 0 Å². The summed E-state index contributed by atoms with van der Waals surface area (Å²) in [7, 11) is 3.84. The highest BCUT2D eigenvalue weighted by Gasteiger charge is 1.97. The molecule has 4 heteroatoms. The highest BCUT2D eigenvalue weighted by Crippen LogP contribution is 2.15. The van der Waals surface area contributed by atoms with Gasteiger partial charge >= 0.3 is 0 Å². The minimum Gasteiger partial charge on any atom is -0.237 e. The van der Waals surface area contributed by atoms with Gasteiger partial charge in [0.15, 0.2) is 0 Å². The molecule has 54 valence electrons. The lowest BCUT2D eigenvalue weighted by molar-refractivity contribution is 0.691. The fourth-order valence-corrected chi connectivity index (χ4v) is 1.51. The van der Waals surface area contributed by atoms with Crippen molar-refractivity contribution in [2.75, 3.05) is 0 Å². The summed E-state index contributed by atoms with van der Waals surface area (Å²) in [6.45, 7) is 0. The molecule has 1 rings (SSSR count). The molecule has 0 fully saturated rings. The molecule has 10 heavy (non-hydrogen) atoms. The zero-order chi connectivity index (χ0) is 7.56. The molecule has 0 aromatic heterocycles. The Morgan fingerprint density at radius 3 is 2.50 bits per heavy atom. The molecular weight excluding hydrogens is 191 g/mol. The zero-order valence-corrected chi connectivity index (χ0v) is 7.21. The molecule has 1 aromatic rings. The van der Waals surface area contributed by atoms with E-state index in [1.807, 2.05) is 0 Å². The quantitative estimate of drug-likeness (QED) is 0.629. The average Bonchev–Trinajstić information content (AvgIpc) is 1.88. The molecule has 1 aromatic carbocycles. The summed E-state index contributed by atoms with van der Waals surface area (Å²) in [4.78, 5) is 0.536. The zero-order valence-electron chi connectivity index (χ0n) is 4.88. The minimum absolute atomic E-state index is 0.536. The smallest absolute Gasteiger partial charge is 0.147 e. The van der Waals surface area contributed by atoms with Crippen LogP contribution in [0.3, 0.4) is 0 Å². The van der Waals surface area contributed by atoms with Crippen molar-refractivity contribution in [2.45, 2.75) is 4.90 Å². The van der Waals surface area contributed by atoms with Crippen molar-refractivity contribution in [2.24, 2.45) is 0 Å². The van der Waals surface area contributed by atoms with Gasteiger partial charge in [-0.05, 0) is 28.9 Å². The third-order valence-corrected chi connectivity index (χ3v) is 2.38. The maximum Gasteiger partial charge on any atom is 0.147 e. The summed E-state index contributed by atoms with van der Waals surface area (Å²) >= 11 is 5.60.